The van der Waals surface area contributed by atoms with Gasteiger partial charge in [-0.25, -0.2) is 9.37 Å². The molecule has 2 N–H and O–H groups in total. The Morgan fingerprint density at radius 2 is 2.00 bits per heavy atom. The first kappa shape index (κ1) is 23.9. The quantitative estimate of drug-likeness (QED) is 0.311. The molecule has 0 spiro atoms. The van der Waals surface area contributed by atoms with Gasteiger partial charge >= 0.3 is 0 Å². The number of benzene rings is 1. The lowest BCUT2D eigenvalue weighted by Crippen LogP contribution is -2.41. The summed E-state index contributed by atoms with van der Waals surface area (Å²) in [5.74, 6) is 1.13. The predicted molar refractivity (Wildman–Crippen MR) is 120 cm³/mol. The van der Waals surface area contributed by atoms with Crippen LogP contribution in [0.2, 0.25) is 0 Å². The van der Waals surface area contributed by atoms with Crippen molar-refractivity contribution in [1.82, 2.24) is 15.6 Å². The first-order valence-electron chi connectivity index (χ1n) is 9.05. The van der Waals surface area contributed by atoms with Crippen LogP contribution < -0.4 is 20.1 Å². The van der Waals surface area contributed by atoms with E-state index in [0.717, 1.165) is 12.0 Å². The van der Waals surface area contributed by atoms with Crippen molar-refractivity contribution in [3.8, 4) is 11.6 Å². The molecule has 1 atom stereocenters. The number of ether oxygens (including phenoxy) is 2. The molecule has 0 amide bonds. The van der Waals surface area contributed by atoms with E-state index >= 15 is 0 Å². The summed E-state index contributed by atoms with van der Waals surface area (Å²) in [6.07, 6.45) is 2.50. The monoisotopic (exact) mass is 502 g/mol. The molecule has 0 radical (unpaired) electrons. The van der Waals surface area contributed by atoms with Gasteiger partial charge < -0.3 is 20.1 Å². The third-order valence-electron chi connectivity index (χ3n) is 3.66. The summed E-state index contributed by atoms with van der Waals surface area (Å²) in [5.41, 5.74) is 1.01. The minimum Gasteiger partial charge on any atom is -0.486 e. The van der Waals surface area contributed by atoms with Crippen molar-refractivity contribution in [3.63, 3.8) is 0 Å². The molecule has 1 unspecified atom stereocenters. The van der Waals surface area contributed by atoms with Crippen molar-refractivity contribution in [2.45, 2.75) is 32.9 Å². The van der Waals surface area contributed by atoms with Crippen LogP contribution in [-0.4, -0.2) is 37.2 Å². The maximum Gasteiger partial charge on any atom is 0.213 e. The van der Waals surface area contributed by atoms with Gasteiger partial charge in [0.2, 0.25) is 5.88 Å². The first-order valence-corrected chi connectivity index (χ1v) is 9.05. The number of hydrogen-bond donors (Lipinski definition) is 2. The fraction of sp³-hybridized carbons (Fsp3) is 0.400. The van der Waals surface area contributed by atoms with Gasteiger partial charge in [0.25, 0.3) is 0 Å². The van der Waals surface area contributed by atoms with Gasteiger partial charge in [-0.2, -0.15) is 0 Å². The van der Waals surface area contributed by atoms with Crippen molar-refractivity contribution >= 4 is 29.9 Å². The number of halogens is 2. The minimum absolute atomic E-state index is 0. The predicted octanol–water partition coefficient (Wildman–Crippen LogP) is 3.76. The first-order chi connectivity index (χ1) is 13.1. The zero-order valence-electron chi connectivity index (χ0n) is 16.4. The van der Waals surface area contributed by atoms with E-state index < -0.39 is 0 Å². The fourth-order valence-corrected chi connectivity index (χ4v) is 2.25. The number of aromatic nitrogens is 1. The number of para-hydroxylation sites is 1. The molecular formula is C20H28FIN4O2. The van der Waals surface area contributed by atoms with Crippen molar-refractivity contribution in [2.24, 2.45) is 4.99 Å². The Morgan fingerprint density at radius 1 is 1.21 bits per heavy atom. The van der Waals surface area contributed by atoms with E-state index in [2.05, 4.69) is 27.5 Å². The summed E-state index contributed by atoms with van der Waals surface area (Å²) >= 11 is 0. The van der Waals surface area contributed by atoms with E-state index in [0.29, 0.717) is 31.5 Å². The molecule has 1 heterocycles. The molecule has 0 fully saturated rings. The smallest absolute Gasteiger partial charge is 0.213 e. The Kier molecular flexibility index (Phi) is 11.2. The highest BCUT2D eigenvalue weighted by molar-refractivity contribution is 14.0. The molecular weight excluding hydrogens is 474 g/mol. The molecule has 0 saturated carbocycles. The standard InChI is InChI=1S/C20H27FN4O2.HI/c1-4-11-26-19-10-9-16(13-23-19)14-25-20(22-3)24-12-15(2)27-18-8-6-5-7-17(18)21;/h5-10,13,15H,4,11-12,14H2,1-3H3,(H2,22,24,25);1H. The molecule has 2 rings (SSSR count). The van der Waals surface area contributed by atoms with Crippen LogP contribution in [0.1, 0.15) is 25.8 Å². The number of guanidine groups is 1. The summed E-state index contributed by atoms with van der Waals surface area (Å²) in [6.45, 7) is 5.64. The second kappa shape index (κ2) is 13.1. The van der Waals surface area contributed by atoms with Crippen LogP contribution >= 0.6 is 24.0 Å². The molecule has 0 aliphatic carbocycles. The third kappa shape index (κ3) is 8.28. The van der Waals surface area contributed by atoms with Gasteiger partial charge in [0.15, 0.2) is 17.5 Å². The van der Waals surface area contributed by atoms with E-state index in [4.69, 9.17) is 9.47 Å². The van der Waals surface area contributed by atoms with E-state index in [1.165, 1.54) is 6.07 Å². The SMILES string of the molecule is CCCOc1ccc(CNC(=NC)NCC(C)Oc2ccccc2F)cn1.I. The van der Waals surface area contributed by atoms with E-state index in [-0.39, 0.29) is 41.6 Å². The average Bonchev–Trinajstić information content (AvgIpc) is 2.69. The largest absolute Gasteiger partial charge is 0.486 e. The van der Waals surface area contributed by atoms with Gasteiger partial charge in [-0.1, -0.05) is 25.1 Å². The lowest BCUT2D eigenvalue weighted by atomic mass is 10.3. The lowest BCUT2D eigenvalue weighted by Gasteiger charge is -2.18. The maximum absolute atomic E-state index is 13.6. The molecule has 6 nitrogen and oxygen atoms in total. The van der Waals surface area contributed by atoms with Crippen LogP contribution in [-0.2, 0) is 6.54 Å². The van der Waals surface area contributed by atoms with Crippen molar-refractivity contribution in [3.05, 3.63) is 54.0 Å². The molecule has 1 aromatic carbocycles. The lowest BCUT2D eigenvalue weighted by molar-refractivity contribution is 0.214. The van der Waals surface area contributed by atoms with Crippen LogP contribution in [0, 0.1) is 5.82 Å². The fourth-order valence-electron chi connectivity index (χ4n) is 2.25. The Labute approximate surface area is 183 Å². The number of rotatable bonds is 9. The Bertz CT molecular complexity index is 728. The van der Waals surface area contributed by atoms with Crippen LogP contribution in [0.5, 0.6) is 11.6 Å². The highest BCUT2D eigenvalue weighted by Crippen LogP contribution is 2.16. The summed E-state index contributed by atoms with van der Waals surface area (Å²) in [5, 5.41) is 6.37. The summed E-state index contributed by atoms with van der Waals surface area (Å²) in [6, 6.07) is 10.2. The van der Waals surface area contributed by atoms with E-state index in [1.54, 1.807) is 31.4 Å². The van der Waals surface area contributed by atoms with Crippen LogP contribution in [0.4, 0.5) is 4.39 Å². The van der Waals surface area contributed by atoms with Crippen molar-refractivity contribution < 1.29 is 13.9 Å². The van der Waals surface area contributed by atoms with E-state index in [1.807, 2.05) is 19.1 Å². The van der Waals surface area contributed by atoms with Crippen LogP contribution in [0.25, 0.3) is 0 Å². The molecule has 154 valence electrons. The van der Waals surface area contributed by atoms with Gasteiger partial charge in [0.1, 0.15) is 6.10 Å². The number of hydrogen-bond acceptors (Lipinski definition) is 4. The molecule has 0 aliphatic rings. The van der Waals surface area contributed by atoms with Gasteiger partial charge in [0.05, 0.1) is 13.2 Å². The number of nitrogens with zero attached hydrogens (tertiary/aromatic N) is 2. The molecule has 0 bridgehead atoms. The summed E-state index contributed by atoms with van der Waals surface area (Å²) < 4.78 is 24.7. The Hall–Kier alpha value is -2.10. The topological polar surface area (TPSA) is 67.8 Å². The highest BCUT2D eigenvalue weighted by atomic mass is 127. The number of nitrogens with one attached hydrogen (secondary N) is 2. The summed E-state index contributed by atoms with van der Waals surface area (Å²) in [4.78, 5) is 8.45. The zero-order chi connectivity index (χ0) is 19.5. The van der Waals surface area contributed by atoms with Crippen molar-refractivity contribution in [1.29, 1.82) is 0 Å². The van der Waals surface area contributed by atoms with Gasteiger partial charge in [-0.05, 0) is 31.0 Å². The van der Waals surface area contributed by atoms with Gasteiger partial charge in [-0.15, -0.1) is 24.0 Å². The van der Waals surface area contributed by atoms with Crippen molar-refractivity contribution in [2.75, 3.05) is 20.2 Å². The van der Waals surface area contributed by atoms with Gasteiger partial charge in [-0.3, -0.25) is 4.99 Å². The molecule has 2 aromatic rings. The number of pyridine rings is 1. The van der Waals surface area contributed by atoms with E-state index in [9.17, 15) is 4.39 Å². The average molecular weight is 502 g/mol. The Morgan fingerprint density at radius 3 is 2.64 bits per heavy atom. The molecule has 28 heavy (non-hydrogen) atoms. The molecule has 0 aliphatic heterocycles. The minimum atomic E-state index is -0.370. The second-order valence-corrected chi connectivity index (χ2v) is 6.02. The van der Waals surface area contributed by atoms with Crippen LogP contribution in [0.3, 0.4) is 0 Å². The maximum atomic E-state index is 13.6. The molecule has 0 saturated heterocycles. The Balaban J connectivity index is 0.00000392. The van der Waals surface area contributed by atoms with Crippen LogP contribution in [0.15, 0.2) is 47.6 Å². The molecule has 1 aromatic heterocycles. The molecule has 8 heteroatoms. The normalized spacial score (nSPS) is 11.9. The zero-order valence-corrected chi connectivity index (χ0v) is 18.8. The number of aliphatic imine (C=N–C) groups is 1. The van der Waals surface area contributed by atoms with Gasteiger partial charge in [0, 0.05) is 25.9 Å². The second-order valence-electron chi connectivity index (χ2n) is 6.02. The third-order valence-corrected chi connectivity index (χ3v) is 3.66. The highest BCUT2D eigenvalue weighted by Gasteiger charge is 2.09. The summed E-state index contributed by atoms with van der Waals surface area (Å²) in [7, 11) is 1.69.